The van der Waals surface area contributed by atoms with Gasteiger partial charge >= 0.3 is 5.97 Å². The summed E-state index contributed by atoms with van der Waals surface area (Å²) in [6.45, 7) is 6.85. The van der Waals surface area contributed by atoms with E-state index in [9.17, 15) is 4.79 Å². The number of hydrogen-bond donors (Lipinski definition) is 1. The average molecular weight is 275 g/mol. The van der Waals surface area contributed by atoms with Crippen LogP contribution in [0.5, 0.6) is 0 Å². The fourth-order valence-electron chi connectivity index (χ4n) is 3.08. The Morgan fingerprint density at radius 1 is 1.30 bits per heavy atom. The minimum absolute atomic E-state index is 0.243. The summed E-state index contributed by atoms with van der Waals surface area (Å²) in [6, 6.07) is 8.08. The molecule has 1 aromatic carbocycles. The van der Waals surface area contributed by atoms with Crippen LogP contribution in [0.15, 0.2) is 24.3 Å². The Hall–Kier alpha value is -1.51. The van der Waals surface area contributed by atoms with Crippen molar-refractivity contribution in [2.45, 2.75) is 46.1 Å². The van der Waals surface area contributed by atoms with Crippen LogP contribution in [0.3, 0.4) is 0 Å². The number of hydrogen-bond acceptors (Lipinski definition) is 3. The van der Waals surface area contributed by atoms with Crippen LogP contribution in [0.2, 0.25) is 0 Å². The number of carbonyl (C=O) groups is 1. The number of rotatable bonds is 4. The second kappa shape index (κ2) is 6.78. The van der Waals surface area contributed by atoms with E-state index < -0.39 is 0 Å². The molecule has 0 saturated heterocycles. The van der Waals surface area contributed by atoms with Gasteiger partial charge in [0.05, 0.1) is 12.2 Å². The molecule has 3 heteroatoms. The van der Waals surface area contributed by atoms with Gasteiger partial charge in [0.25, 0.3) is 0 Å². The first-order chi connectivity index (χ1) is 9.61. The van der Waals surface area contributed by atoms with Gasteiger partial charge in [0, 0.05) is 11.7 Å². The van der Waals surface area contributed by atoms with E-state index in [1.807, 2.05) is 31.2 Å². The molecule has 3 unspecified atom stereocenters. The minimum atomic E-state index is -0.243. The van der Waals surface area contributed by atoms with Crippen LogP contribution >= 0.6 is 0 Å². The molecule has 3 atom stereocenters. The number of carbonyl (C=O) groups excluding carboxylic acids is 1. The molecule has 1 saturated carbocycles. The smallest absolute Gasteiger partial charge is 0.340 e. The van der Waals surface area contributed by atoms with Crippen LogP contribution < -0.4 is 5.32 Å². The Morgan fingerprint density at radius 2 is 2.05 bits per heavy atom. The highest BCUT2D eigenvalue weighted by molar-refractivity contribution is 5.95. The zero-order chi connectivity index (χ0) is 14.5. The molecule has 2 rings (SSSR count). The van der Waals surface area contributed by atoms with E-state index in [0.29, 0.717) is 24.1 Å². The lowest BCUT2D eigenvalue weighted by molar-refractivity contribution is 0.0527. The van der Waals surface area contributed by atoms with E-state index in [-0.39, 0.29) is 5.97 Å². The predicted molar refractivity (Wildman–Crippen MR) is 82.0 cm³/mol. The average Bonchev–Trinajstić information content (AvgIpc) is 2.43. The van der Waals surface area contributed by atoms with Gasteiger partial charge in [0.15, 0.2) is 0 Å². The van der Waals surface area contributed by atoms with Crippen LogP contribution in [-0.2, 0) is 4.74 Å². The molecule has 1 aliphatic rings. The lowest BCUT2D eigenvalue weighted by atomic mass is 9.80. The Kier molecular flexibility index (Phi) is 5.05. The number of benzene rings is 1. The molecular formula is C17H25NO2. The summed E-state index contributed by atoms with van der Waals surface area (Å²) in [5.74, 6) is 1.20. The third-order valence-corrected chi connectivity index (χ3v) is 4.19. The van der Waals surface area contributed by atoms with E-state index in [4.69, 9.17) is 4.74 Å². The first kappa shape index (κ1) is 14.9. The van der Waals surface area contributed by atoms with E-state index in [0.717, 1.165) is 11.6 Å². The maximum Gasteiger partial charge on any atom is 0.340 e. The highest BCUT2D eigenvalue weighted by Crippen LogP contribution is 2.31. The summed E-state index contributed by atoms with van der Waals surface area (Å²) in [5.41, 5.74) is 1.54. The largest absolute Gasteiger partial charge is 0.462 e. The molecule has 0 heterocycles. The Balaban J connectivity index is 2.11. The number of anilines is 1. The number of esters is 1. The van der Waals surface area contributed by atoms with Gasteiger partial charge < -0.3 is 10.1 Å². The Bertz CT molecular complexity index is 458. The van der Waals surface area contributed by atoms with Crippen LogP contribution in [0.4, 0.5) is 5.69 Å². The topological polar surface area (TPSA) is 38.3 Å². The minimum Gasteiger partial charge on any atom is -0.462 e. The van der Waals surface area contributed by atoms with Gasteiger partial charge in [-0.05, 0) is 50.2 Å². The molecule has 20 heavy (non-hydrogen) atoms. The molecule has 1 fully saturated rings. The van der Waals surface area contributed by atoms with E-state index in [1.165, 1.54) is 19.3 Å². The summed E-state index contributed by atoms with van der Waals surface area (Å²) in [4.78, 5) is 12.0. The first-order valence-corrected chi connectivity index (χ1v) is 7.64. The van der Waals surface area contributed by atoms with E-state index >= 15 is 0 Å². The normalized spacial score (nSPS) is 26.1. The maximum absolute atomic E-state index is 12.0. The molecule has 0 amide bonds. The summed E-state index contributed by atoms with van der Waals surface area (Å²) >= 11 is 0. The monoisotopic (exact) mass is 275 g/mol. The highest BCUT2D eigenvalue weighted by Gasteiger charge is 2.26. The predicted octanol–water partition coefficient (Wildman–Crippen LogP) is 4.10. The van der Waals surface area contributed by atoms with Crippen LogP contribution in [0.25, 0.3) is 0 Å². The molecule has 1 aliphatic carbocycles. The van der Waals surface area contributed by atoms with Gasteiger partial charge in [-0.25, -0.2) is 4.79 Å². The lowest BCUT2D eigenvalue weighted by Gasteiger charge is -2.34. The van der Waals surface area contributed by atoms with E-state index in [2.05, 4.69) is 19.2 Å². The van der Waals surface area contributed by atoms with Crippen molar-refractivity contribution in [1.29, 1.82) is 0 Å². The van der Waals surface area contributed by atoms with Gasteiger partial charge in [-0.3, -0.25) is 0 Å². The molecule has 3 nitrogen and oxygen atoms in total. The second-order valence-electron chi connectivity index (χ2n) is 5.91. The Morgan fingerprint density at radius 3 is 2.75 bits per heavy atom. The first-order valence-electron chi connectivity index (χ1n) is 7.64. The van der Waals surface area contributed by atoms with Crippen molar-refractivity contribution < 1.29 is 9.53 Å². The molecule has 0 spiro atoms. The molecule has 0 bridgehead atoms. The Labute approximate surface area is 121 Å². The van der Waals surface area contributed by atoms with Crippen molar-refractivity contribution in [3.8, 4) is 0 Å². The fourth-order valence-corrected chi connectivity index (χ4v) is 3.08. The molecule has 0 radical (unpaired) electrons. The van der Waals surface area contributed by atoms with Crippen molar-refractivity contribution in [2.75, 3.05) is 11.9 Å². The van der Waals surface area contributed by atoms with Crippen molar-refractivity contribution in [3.63, 3.8) is 0 Å². The number of ether oxygens (including phenoxy) is 1. The zero-order valence-electron chi connectivity index (χ0n) is 12.7. The van der Waals surface area contributed by atoms with Crippen molar-refractivity contribution in [2.24, 2.45) is 11.8 Å². The maximum atomic E-state index is 12.0. The molecular weight excluding hydrogens is 250 g/mol. The summed E-state index contributed by atoms with van der Waals surface area (Å²) in [7, 11) is 0. The third-order valence-electron chi connectivity index (χ3n) is 4.19. The van der Waals surface area contributed by atoms with Gasteiger partial charge in [-0.15, -0.1) is 0 Å². The molecule has 0 aliphatic heterocycles. The fraction of sp³-hybridized carbons (Fsp3) is 0.588. The van der Waals surface area contributed by atoms with Crippen LogP contribution in [0, 0.1) is 11.8 Å². The third kappa shape index (κ3) is 3.53. The SMILES string of the molecule is CCOC(=O)c1ccccc1NC1CCC(C)CC1C. The van der Waals surface area contributed by atoms with Gasteiger partial charge in [0.1, 0.15) is 0 Å². The van der Waals surface area contributed by atoms with Crippen molar-refractivity contribution in [1.82, 2.24) is 0 Å². The number of nitrogens with one attached hydrogen (secondary N) is 1. The second-order valence-corrected chi connectivity index (χ2v) is 5.91. The summed E-state index contributed by atoms with van der Waals surface area (Å²) < 4.78 is 5.12. The zero-order valence-corrected chi connectivity index (χ0v) is 12.7. The van der Waals surface area contributed by atoms with E-state index in [1.54, 1.807) is 0 Å². The van der Waals surface area contributed by atoms with Gasteiger partial charge in [-0.1, -0.05) is 26.0 Å². The van der Waals surface area contributed by atoms with Crippen LogP contribution in [-0.4, -0.2) is 18.6 Å². The quantitative estimate of drug-likeness (QED) is 0.841. The summed E-state index contributed by atoms with van der Waals surface area (Å²) in [6.07, 6.45) is 3.67. The lowest BCUT2D eigenvalue weighted by Crippen LogP contribution is -2.33. The highest BCUT2D eigenvalue weighted by atomic mass is 16.5. The molecule has 110 valence electrons. The van der Waals surface area contributed by atoms with Crippen molar-refractivity contribution in [3.05, 3.63) is 29.8 Å². The number of para-hydroxylation sites is 1. The molecule has 1 aromatic rings. The van der Waals surface area contributed by atoms with Gasteiger partial charge in [0.2, 0.25) is 0 Å². The molecule has 1 N–H and O–H groups in total. The molecule has 0 aromatic heterocycles. The standard InChI is InChI=1S/C17H25NO2/c1-4-20-17(19)14-7-5-6-8-16(14)18-15-10-9-12(2)11-13(15)3/h5-8,12-13,15,18H,4,9-11H2,1-3H3. The van der Waals surface area contributed by atoms with Gasteiger partial charge in [-0.2, -0.15) is 0 Å². The summed E-state index contributed by atoms with van der Waals surface area (Å²) in [5, 5.41) is 3.56. The van der Waals surface area contributed by atoms with Crippen LogP contribution in [0.1, 0.15) is 50.4 Å². The van der Waals surface area contributed by atoms with Crippen molar-refractivity contribution >= 4 is 11.7 Å².